The van der Waals surface area contributed by atoms with Crippen molar-refractivity contribution < 1.29 is 22.0 Å². The van der Waals surface area contributed by atoms with Crippen LogP contribution in [0.1, 0.15) is 18.4 Å². The van der Waals surface area contributed by atoms with Crippen LogP contribution in [0, 0.1) is 42.4 Å². The standard InChI is InChI=1S/C10H7F5/c1-2-3-4-5-6(11)8(13)10(15)9(14)7(5)12/h4H,1-3H2. The molecule has 15 heavy (non-hydrogen) atoms. The zero-order chi connectivity index (χ0) is 11.6. The van der Waals surface area contributed by atoms with Gasteiger partial charge in [-0.1, -0.05) is 13.3 Å². The fourth-order valence-electron chi connectivity index (χ4n) is 1.05. The number of unbranched alkanes of at least 4 members (excludes halogenated alkanes) is 1. The maximum Gasteiger partial charge on any atom is 0.200 e. The van der Waals surface area contributed by atoms with Gasteiger partial charge in [-0.05, 0) is 12.8 Å². The lowest BCUT2D eigenvalue weighted by molar-refractivity contribution is 0.374. The van der Waals surface area contributed by atoms with Gasteiger partial charge in [0, 0.05) is 5.56 Å². The minimum Gasteiger partial charge on any atom is -0.203 e. The molecule has 0 spiro atoms. The van der Waals surface area contributed by atoms with Crippen LogP contribution in [0.4, 0.5) is 22.0 Å². The van der Waals surface area contributed by atoms with E-state index >= 15 is 0 Å². The molecule has 0 bridgehead atoms. The maximum absolute atomic E-state index is 13.0. The molecule has 82 valence electrons. The average Bonchev–Trinajstić information content (AvgIpc) is 2.24. The molecular weight excluding hydrogens is 215 g/mol. The van der Waals surface area contributed by atoms with Crippen molar-refractivity contribution in [3.63, 3.8) is 0 Å². The summed E-state index contributed by atoms with van der Waals surface area (Å²) in [5, 5.41) is 0. The van der Waals surface area contributed by atoms with Crippen LogP contribution in [0.15, 0.2) is 0 Å². The largest absolute Gasteiger partial charge is 0.203 e. The summed E-state index contributed by atoms with van der Waals surface area (Å²) in [6.45, 7) is 3.38. The van der Waals surface area contributed by atoms with Crippen LogP contribution in [-0.2, 0) is 0 Å². The molecule has 0 fully saturated rings. The number of hydrogen-bond donors (Lipinski definition) is 0. The van der Waals surface area contributed by atoms with Crippen molar-refractivity contribution in [2.75, 3.05) is 0 Å². The normalized spacial score (nSPS) is 10.8. The molecule has 0 aliphatic carbocycles. The van der Waals surface area contributed by atoms with Gasteiger partial charge in [0.05, 0.1) is 0 Å². The Morgan fingerprint density at radius 2 is 1.20 bits per heavy atom. The van der Waals surface area contributed by atoms with Crippen LogP contribution in [0.3, 0.4) is 0 Å². The van der Waals surface area contributed by atoms with Gasteiger partial charge in [0.1, 0.15) is 0 Å². The van der Waals surface area contributed by atoms with Gasteiger partial charge in [-0.25, -0.2) is 22.0 Å². The predicted octanol–water partition coefficient (Wildman–Crippen LogP) is 3.55. The zero-order valence-corrected chi connectivity index (χ0v) is 7.59. The summed E-state index contributed by atoms with van der Waals surface area (Å²) < 4.78 is 63.7. The molecule has 0 N–H and O–H groups in total. The molecule has 5 heteroatoms. The monoisotopic (exact) mass is 222 g/mol. The summed E-state index contributed by atoms with van der Waals surface area (Å²) in [5.74, 6) is -9.61. The predicted molar refractivity (Wildman–Crippen MR) is 44.2 cm³/mol. The third-order valence-corrected chi connectivity index (χ3v) is 1.80. The van der Waals surface area contributed by atoms with Crippen molar-refractivity contribution >= 4 is 0 Å². The van der Waals surface area contributed by atoms with Crippen LogP contribution in [0.5, 0.6) is 0 Å². The van der Waals surface area contributed by atoms with Crippen molar-refractivity contribution in [1.82, 2.24) is 0 Å². The maximum atomic E-state index is 13.0. The van der Waals surface area contributed by atoms with Crippen molar-refractivity contribution in [2.24, 2.45) is 0 Å². The molecule has 0 aliphatic heterocycles. The van der Waals surface area contributed by atoms with E-state index in [-0.39, 0.29) is 6.42 Å². The third kappa shape index (κ3) is 2.11. The first-order valence-corrected chi connectivity index (χ1v) is 4.14. The Bertz CT molecular complexity index is 344. The van der Waals surface area contributed by atoms with E-state index in [1.54, 1.807) is 0 Å². The summed E-state index contributed by atoms with van der Waals surface area (Å²) in [6.07, 6.45) is 1.38. The molecule has 0 aliphatic rings. The second-order valence-corrected chi connectivity index (χ2v) is 2.83. The molecule has 0 aromatic heterocycles. The SMILES string of the molecule is [CH2]CC[CH]c1c(F)c(F)c(F)c(F)c1F. The van der Waals surface area contributed by atoms with Gasteiger partial charge < -0.3 is 0 Å². The first-order chi connectivity index (χ1) is 7.00. The Labute approximate surface area is 83.7 Å². The van der Waals surface area contributed by atoms with Gasteiger partial charge in [-0.15, -0.1) is 0 Å². The number of benzene rings is 1. The molecule has 0 atom stereocenters. The van der Waals surface area contributed by atoms with Gasteiger partial charge in [-0.2, -0.15) is 0 Å². The molecule has 0 unspecified atom stereocenters. The Morgan fingerprint density at radius 1 is 0.800 bits per heavy atom. The molecule has 0 heterocycles. The van der Waals surface area contributed by atoms with Crippen molar-refractivity contribution in [3.05, 3.63) is 48.0 Å². The van der Waals surface area contributed by atoms with Crippen molar-refractivity contribution in [3.8, 4) is 0 Å². The minimum absolute atomic E-state index is 0.137. The summed E-state index contributed by atoms with van der Waals surface area (Å²) >= 11 is 0. The second-order valence-electron chi connectivity index (χ2n) is 2.83. The van der Waals surface area contributed by atoms with E-state index in [9.17, 15) is 22.0 Å². The van der Waals surface area contributed by atoms with Crippen LogP contribution >= 0.6 is 0 Å². The minimum atomic E-state index is -2.14. The van der Waals surface area contributed by atoms with E-state index in [4.69, 9.17) is 0 Å². The fraction of sp³-hybridized carbons (Fsp3) is 0.200. The van der Waals surface area contributed by atoms with Gasteiger partial charge in [0.15, 0.2) is 23.3 Å². The highest BCUT2D eigenvalue weighted by Gasteiger charge is 2.24. The summed E-state index contributed by atoms with van der Waals surface area (Å²) in [5.41, 5.74) is -0.893. The van der Waals surface area contributed by atoms with E-state index in [1.807, 2.05) is 0 Å². The Kier molecular flexibility index (Phi) is 3.66. The Morgan fingerprint density at radius 3 is 1.60 bits per heavy atom. The zero-order valence-electron chi connectivity index (χ0n) is 7.59. The second kappa shape index (κ2) is 4.59. The van der Waals surface area contributed by atoms with Gasteiger partial charge in [0.25, 0.3) is 0 Å². The Balaban J connectivity index is 3.26. The molecule has 1 aromatic carbocycles. The summed E-state index contributed by atoms with van der Waals surface area (Å²) in [6, 6.07) is 0. The van der Waals surface area contributed by atoms with Crippen LogP contribution in [-0.4, -0.2) is 0 Å². The molecule has 2 radical (unpaired) electrons. The fourth-order valence-corrected chi connectivity index (χ4v) is 1.05. The average molecular weight is 222 g/mol. The first kappa shape index (κ1) is 11.9. The van der Waals surface area contributed by atoms with E-state index in [0.29, 0.717) is 6.42 Å². The van der Waals surface area contributed by atoms with E-state index in [0.717, 1.165) is 6.42 Å². The molecule has 0 amide bonds. The first-order valence-electron chi connectivity index (χ1n) is 4.14. The van der Waals surface area contributed by atoms with Crippen LogP contribution in [0.2, 0.25) is 0 Å². The quantitative estimate of drug-likeness (QED) is 0.416. The molecular formula is C10H7F5. The third-order valence-electron chi connectivity index (χ3n) is 1.80. The summed E-state index contributed by atoms with van der Waals surface area (Å²) in [4.78, 5) is 0. The smallest absolute Gasteiger partial charge is 0.200 e. The molecule has 1 aromatic rings. The summed E-state index contributed by atoms with van der Waals surface area (Å²) in [7, 11) is 0. The van der Waals surface area contributed by atoms with Gasteiger partial charge in [0.2, 0.25) is 5.82 Å². The van der Waals surface area contributed by atoms with E-state index in [1.165, 1.54) is 0 Å². The molecule has 1 rings (SSSR count). The lowest BCUT2D eigenvalue weighted by Crippen LogP contribution is -2.06. The van der Waals surface area contributed by atoms with E-state index < -0.39 is 34.6 Å². The van der Waals surface area contributed by atoms with Gasteiger partial charge >= 0.3 is 0 Å². The van der Waals surface area contributed by atoms with E-state index in [2.05, 4.69) is 6.92 Å². The van der Waals surface area contributed by atoms with Gasteiger partial charge in [-0.3, -0.25) is 0 Å². The van der Waals surface area contributed by atoms with Crippen LogP contribution < -0.4 is 0 Å². The van der Waals surface area contributed by atoms with Crippen LogP contribution in [0.25, 0.3) is 0 Å². The highest BCUT2D eigenvalue weighted by atomic mass is 19.2. The molecule has 0 saturated heterocycles. The lowest BCUT2D eigenvalue weighted by atomic mass is 10.1. The Hall–Kier alpha value is -1.13. The lowest BCUT2D eigenvalue weighted by Gasteiger charge is -2.06. The topological polar surface area (TPSA) is 0 Å². The highest BCUT2D eigenvalue weighted by Crippen LogP contribution is 2.24. The number of hydrogen-bond acceptors (Lipinski definition) is 0. The number of halogens is 5. The number of rotatable bonds is 3. The highest BCUT2D eigenvalue weighted by molar-refractivity contribution is 5.29. The van der Waals surface area contributed by atoms with Crippen molar-refractivity contribution in [1.29, 1.82) is 0 Å². The molecule has 0 saturated carbocycles. The van der Waals surface area contributed by atoms with Crippen molar-refractivity contribution in [2.45, 2.75) is 12.8 Å². The molecule has 0 nitrogen and oxygen atoms in total.